The fourth-order valence-corrected chi connectivity index (χ4v) is 3.14. The summed E-state index contributed by atoms with van der Waals surface area (Å²) in [6.07, 6.45) is 3.72. The van der Waals surface area contributed by atoms with E-state index in [2.05, 4.69) is 9.97 Å². The SMILES string of the molecule is O=C(O)C1CCN(C(=O)c2cnc(-c3ccccn3)s2)C1. The number of aliphatic carboxylic acids is 1. The summed E-state index contributed by atoms with van der Waals surface area (Å²) in [5.74, 6) is -1.46. The second-order valence-electron chi connectivity index (χ2n) is 4.82. The molecule has 1 saturated heterocycles. The van der Waals surface area contributed by atoms with Gasteiger partial charge in [0.25, 0.3) is 5.91 Å². The minimum absolute atomic E-state index is 0.154. The van der Waals surface area contributed by atoms with Gasteiger partial charge in [0.1, 0.15) is 9.88 Å². The summed E-state index contributed by atoms with van der Waals surface area (Å²) >= 11 is 1.28. The Balaban J connectivity index is 1.75. The number of nitrogens with zero attached hydrogens (tertiary/aromatic N) is 3. The van der Waals surface area contributed by atoms with Crippen molar-refractivity contribution in [1.29, 1.82) is 0 Å². The van der Waals surface area contributed by atoms with E-state index < -0.39 is 11.9 Å². The van der Waals surface area contributed by atoms with Crippen LogP contribution >= 0.6 is 11.3 Å². The minimum Gasteiger partial charge on any atom is -0.481 e. The van der Waals surface area contributed by atoms with Crippen molar-refractivity contribution < 1.29 is 14.7 Å². The van der Waals surface area contributed by atoms with Crippen LogP contribution in [0.3, 0.4) is 0 Å². The molecule has 0 saturated carbocycles. The molecule has 1 fully saturated rings. The third kappa shape index (κ3) is 2.78. The Labute approximate surface area is 125 Å². The van der Waals surface area contributed by atoms with Crippen LogP contribution in [0.15, 0.2) is 30.6 Å². The molecule has 0 bridgehead atoms. The predicted octanol–water partition coefficient (Wildman–Crippen LogP) is 1.75. The molecule has 0 aliphatic carbocycles. The maximum atomic E-state index is 12.3. The molecule has 21 heavy (non-hydrogen) atoms. The number of carbonyl (C=O) groups excluding carboxylic acids is 1. The molecule has 1 atom stereocenters. The van der Waals surface area contributed by atoms with Crippen molar-refractivity contribution in [3.05, 3.63) is 35.5 Å². The summed E-state index contributed by atoms with van der Waals surface area (Å²) in [6, 6.07) is 5.52. The molecule has 3 heterocycles. The molecule has 3 rings (SSSR count). The Morgan fingerprint density at radius 2 is 2.19 bits per heavy atom. The molecule has 1 N–H and O–H groups in total. The third-order valence-corrected chi connectivity index (χ3v) is 4.43. The minimum atomic E-state index is -0.844. The first-order chi connectivity index (χ1) is 10.1. The van der Waals surface area contributed by atoms with Gasteiger partial charge in [-0.1, -0.05) is 6.07 Å². The molecule has 0 radical (unpaired) electrons. The quantitative estimate of drug-likeness (QED) is 0.934. The number of hydrogen-bond acceptors (Lipinski definition) is 5. The van der Waals surface area contributed by atoms with Crippen LogP contribution in [0, 0.1) is 5.92 Å². The van der Waals surface area contributed by atoms with Crippen LogP contribution in [0.5, 0.6) is 0 Å². The zero-order valence-electron chi connectivity index (χ0n) is 11.1. The van der Waals surface area contributed by atoms with Gasteiger partial charge in [0.15, 0.2) is 0 Å². The molecule has 1 aliphatic heterocycles. The van der Waals surface area contributed by atoms with E-state index in [0.717, 1.165) is 5.69 Å². The van der Waals surface area contributed by atoms with Crippen LogP contribution in [0.2, 0.25) is 0 Å². The summed E-state index contributed by atoms with van der Waals surface area (Å²) in [7, 11) is 0. The summed E-state index contributed by atoms with van der Waals surface area (Å²) in [5.41, 5.74) is 0.728. The van der Waals surface area contributed by atoms with Crippen LogP contribution in [0.25, 0.3) is 10.7 Å². The summed E-state index contributed by atoms with van der Waals surface area (Å²) < 4.78 is 0. The number of aromatic nitrogens is 2. The average molecular weight is 303 g/mol. The van der Waals surface area contributed by atoms with Crippen LogP contribution < -0.4 is 0 Å². The van der Waals surface area contributed by atoms with Gasteiger partial charge in [0, 0.05) is 19.3 Å². The van der Waals surface area contributed by atoms with Gasteiger partial charge in [-0.05, 0) is 18.6 Å². The lowest BCUT2D eigenvalue weighted by Gasteiger charge is -2.13. The highest BCUT2D eigenvalue weighted by molar-refractivity contribution is 7.16. The average Bonchev–Trinajstić information content (AvgIpc) is 3.17. The van der Waals surface area contributed by atoms with Crippen LogP contribution in [-0.4, -0.2) is 44.9 Å². The number of carbonyl (C=O) groups is 2. The number of pyridine rings is 1. The third-order valence-electron chi connectivity index (χ3n) is 3.43. The van der Waals surface area contributed by atoms with E-state index in [4.69, 9.17) is 5.11 Å². The molecule has 6 nitrogen and oxygen atoms in total. The van der Waals surface area contributed by atoms with E-state index in [0.29, 0.717) is 22.9 Å². The Bertz CT molecular complexity index is 671. The fourth-order valence-electron chi connectivity index (χ4n) is 2.28. The zero-order chi connectivity index (χ0) is 14.8. The number of carboxylic acid groups (broad SMARTS) is 1. The van der Waals surface area contributed by atoms with Crippen molar-refractivity contribution in [1.82, 2.24) is 14.9 Å². The highest BCUT2D eigenvalue weighted by Gasteiger charge is 2.32. The smallest absolute Gasteiger partial charge is 0.308 e. The largest absolute Gasteiger partial charge is 0.481 e. The van der Waals surface area contributed by atoms with Gasteiger partial charge in [-0.15, -0.1) is 11.3 Å². The number of amides is 1. The van der Waals surface area contributed by atoms with Crippen LogP contribution in [0.4, 0.5) is 0 Å². The van der Waals surface area contributed by atoms with Crippen molar-refractivity contribution in [3.63, 3.8) is 0 Å². The first-order valence-electron chi connectivity index (χ1n) is 6.54. The van der Waals surface area contributed by atoms with Crippen molar-refractivity contribution in [2.45, 2.75) is 6.42 Å². The Morgan fingerprint density at radius 1 is 1.33 bits per heavy atom. The Morgan fingerprint density at radius 3 is 2.86 bits per heavy atom. The van der Waals surface area contributed by atoms with Crippen molar-refractivity contribution in [3.8, 4) is 10.7 Å². The Kier molecular flexibility index (Phi) is 3.66. The molecule has 7 heteroatoms. The highest BCUT2D eigenvalue weighted by atomic mass is 32.1. The van der Waals surface area contributed by atoms with E-state index in [1.54, 1.807) is 11.1 Å². The number of thiazole rings is 1. The molecule has 1 amide bonds. The number of carboxylic acids is 1. The lowest BCUT2D eigenvalue weighted by molar-refractivity contribution is -0.141. The van der Waals surface area contributed by atoms with E-state index in [9.17, 15) is 9.59 Å². The molecule has 2 aromatic rings. The number of rotatable bonds is 3. The standard InChI is InChI=1S/C14H13N3O3S/c18-13(17-6-4-9(8-17)14(19)20)11-7-16-12(21-11)10-3-1-2-5-15-10/h1-3,5,7,9H,4,6,8H2,(H,19,20). The lowest BCUT2D eigenvalue weighted by Crippen LogP contribution is -2.29. The van der Waals surface area contributed by atoms with E-state index >= 15 is 0 Å². The fraction of sp³-hybridized carbons (Fsp3) is 0.286. The molecule has 108 valence electrons. The molecule has 0 spiro atoms. The van der Waals surface area contributed by atoms with Gasteiger partial charge >= 0.3 is 5.97 Å². The normalized spacial score (nSPS) is 17.9. The zero-order valence-corrected chi connectivity index (χ0v) is 11.9. The van der Waals surface area contributed by atoms with E-state index in [1.807, 2.05) is 18.2 Å². The maximum absolute atomic E-state index is 12.3. The van der Waals surface area contributed by atoms with Gasteiger partial charge in [0.05, 0.1) is 17.8 Å². The highest BCUT2D eigenvalue weighted by Crippen LogP contribution is 2.26. The van der Waals surface area contributed by atoms with Gasteiger partial charge in [-0.3, -0.25) is 14.6 Å². The monoisotopic (exact) mass is 303 g/mol. The summed E-state index contributed by atoms with van der Waals surface area (Å²) in [6.45, 7) is 0.748. The molecular weight excluding hydrogens is 290 g/mol. The molecule has 1 unspecified atom stereocenters. The van der Waals surface area contributed by atoms with Crippen molar-refractivity contribution >= 4 is 23.2 Å². The molecular formula is C14H13N3O3S. The first-order valence-corrected chi connectivity index (χ1v) is 7.36. The van der Waals surface area contributed by atoms with Gasteiger partial charge in [-0.25, -0.2) is 4.98 Å². The molecule has 2 aromatic heterocycles. The van der Waals surface area contributed by atoms with Crippen LogP contribution in [0.1, 0.15) is 16.1 Å². The van der Waals surface area contributed by atoms with Crippen molar-refractivity contribution in [2.75, 3.05) is 13.1 Å². The second kappa shape index (κ2) is 5.61. The Hall–Kier alpha value is -2.28. The number of likely N-dealkylation sites (tertiary alicyclic amines) is 1. The number of hydrogen-bond donors (Lipinski definition) is 1. The summed E-state index contributed by atoms with van der Waals surface area (Å²) in [5, 5.41) is 9.67. The lowest BCUT2D eigenvalue weighted by atomic mass is 10.1. The van der Waals surface area contributed by atoms with E-state index in [1.165, 1.54) is 17.5 Å². The van der Waals surface area contributed by atoms with Crippen molar-refractivity contribution in [2.24, 2.45) is 5.92 Å². The van der Waals surface area contributed by atoms with Crippen LogP contribution in [-0.2, 0) is 4.79 Å². The van der Waals surface area contributed by atoms with E-state index in [-0.39, 0.29) is 12.5 Å². The molecule has 0 aromatic carbocycles. The molecule has 1 aliphatic rings. The topological polar surface area (TPSA) is 83.4 Å². The first kappa shape index (κ1) is 13.7. The van der Waals surface area contributed by atoms with Gasteiger partial charge in [-0.2, -0.15) is 0 Å². The summed E-state index contributed by atoms with van der Waals surface area (Å²) in [4.78, 5) is 33.8. The maximum Gasteiger partial charge on any atom is 0.308 e. The predicted molar refractivity (Wildman–Crippen MR) is 77.0 cm³/mol. The van der Waals surface area contributed by atoms with Gasteiger partial charge in [0.2, 0.25) is 0 Å². The second-order valence-corrected chi connectivity index (χ2v) is 5.85. The van der Waals surface area contributed by atoms with Gasteiger partial charge < -0.3 is 10.0 Å².